The Labute approximate surface area is 126 Å². The molecule has 0 heterocycles. The van der Waals surface area contributed by atoms with Crippen molar-refractivity contribution in [2.24, 2.45) is 5.73 Å². The molecule has 1 aromatic rings. The summed E-state index contributed by atoms with van der Waals surface area (Å²) < 4.78 is 36.1. The summed E-state index contributed by atoms with van der Waals surface area (Å²) in [5, 5.41) is 2.68. The molecule has 3 nitrogen and oxygen atoms in total. The molecule has 0 aliphatic heterocycles. The second-order valence-electron chi connectivity index (χ2n) is 4.92. The predicted octanol–water partition coefficient (Wildman–Crippen LogP) is 3.72. The molecule has 0 bridgehead atoms. The number of halogens is 3. The van der Waals surface area contributed by atoms with Gasteiger partial charge in [0, 0.05) is 11.4 Å². The monoisotopic (exact) mass is 320 g/mol. The molecule has 1 atom stereocenters. The van der Waals surface area contributed by atoms with Crippen LogP contribution in [0.1, 0.15) is 31.7 Å². The van der Waals surface area contributed by atoms with Crippen LogP contribution in [-0.2, 0) is 4.79 Å². The lowest BCUT2D eigenvalue weighted by molar-refractivity contribution is -0.117. The highest BCUT2D eigenvalue weighted by atomic mass is 32.2. The van der Waals surface area contributed by atoms with Crippen molar-refractivity contribution in [1.29, 1.82) is 0 Å². The van der Waals surface area contributed by atoms with Crippen molar-refractivity contribution in [3.05, 3.63) is 29.8 Å². The number of carbonyl (C=O) groups excluding carboxylic acids is 1. The fourth-order valence-corrected chi connectivity index (χ4v) is 2.38. The zero-order valence-corrected chi connectivity index (χ0v) is 12.7. The van der Waals surface area contributed by atoms with Gasteiger partial charge < -0.3 is 11.1 Å². The first-order chi connectivity index (χ1) is 9.70. The third-order valence-corrected chi connectivity index (χ3v) is 3.64. The average Bonchev–Trinajstić information content (AvgIpc) is 2.37. The van der Waals surface area contributed by atoms with Crippen molar-refractivity contribution in [2.75, 3.05) is 11.1 Å². The molecule has 0 saturated carbocycles. The average molecular weight is 320 g/mol. The van der Waals surface area contributed by atoms with Gasteiger partial charge in [0.05, 0.1) is 6.04 Å². The van der Waals surface area contributed by atoms with E-state index in [2.05, 4.69) is 5.32 Å². The number of nitrogens with one attached hydrogen (secondary N) is 1. The largest absolute Gasteiger partial charge is 0.441 e. The lowest BCUT2D eigenvalue weighted by atomic mass is 10.0. The number of alkyl halides is 3. The second-order valence-corrected chi connectivity index (χ2v) is 6.08. The summed E-state index contributed by atoms with van der Waals surface area (Å²) in [6, 6.07) is 6.34. The zero-order valence-electron chi connectivity index (χ0n) is 11.9. The van der Waals surface area contributed by atoms with E-state index in [1.54, 1.807) is 12.1 Å². The van der Waals surface area contributed by atoms with Gasteiger partial charge in [0.25, 0.3) is 0 Å². The molecule has 0 radical (unpaired) electrons. The molecule has 0 saturated heterocycles. The van der Waals surface area contributed by atoms with Crippen molar-refractivity contribution in [3.8, 4) is 0 Å². The van der Waals surface area contributed by atoms with E-state index in [0.717, 1.165) is 5.56 Å². The fraction of sp³-hybridized carbons (Fsp3) is 0.500. The number of benzene rings is 1. The third kappa shape index (κ3) is 6.39. The van der Waals surface area contributed by atoms with Gasteiger partial charge in [0.1, 0.15) is 0 Å². The molecule has 21 heavy (non-hydrogen) atoms. The maximum atomic E-state index is 12.0. The van der Waals surface area contributed by atoms with Gasteiger partial charge in [-0.25, -0.2) is 0 Å². The molecule has 1 rings (SSSR count). The van der Waals surface area contributed by atoms with Crippen LogP contribution < -0.4 is 11.1 Å². The van der Waals surface area contributed by atoms with Crippen LogP contribution in [0.3, 0.4) is 0 Å². The molecule has 0 aliphatic rings. The van der Waals surface area contributed by atoms with E-state index in [1.165, 1.54) is 0 Å². The van der Waals surface area contributed by atoms with Crippen molar-refractivity contribution in [1.82, 2.24) is 0 Å². The number of hydrogen-bond donors (Lipinski definition) is 2. The van der Waals surface area contributed by atoms with E-state index in [-0.39, 0.29) is 29.9 Å². The quantitative estimate of drug-likeness (QED) is 0.840. The molecule has 0 aromatic heterocycles. The number of anilines is 1. The predicted molar refractivity (Wildman–Crippen MR) is 80.3 cm³/mol. The van der Waals surface area contributed by atoms with E-state index < -0.39 is 17.5 Å². The number of thioether (sulfide) groups is 1. The normalized spacial score (nSPS) is 13.3. The number of para-hydroxylation sites is 1. The number of amides is 1. The van der Waals surface area contributed by atoms with Crippen LogP contribution in [0, 0.1) is 0 Å². The van der Waals surface area contributed by atoms with Crippen LogP contribution in [0.15, 0.2) is 24.3 Å². The molecule has 7 heteroatoms. The van der Waals surface area contributed by atoms with E-state index in [1.807, 2.05) is 26.0 Å². The van der Waals surface area contributed by atoms with E-state index in [9.17, 15) is 18.0 Å². The van der Waals surface area contributed by atoms with Gasteiger partial charge in [-0.2, -0.15) is 13.2 Å². The van der Waals surface area contributed by atoms with E-state index >= 15 is 0 Å². The Balaban J connectivity index is 2.57. The Morgan fingerprint density at radius 3 is 2.52 bits per heavy atom. The second kappa shape index (κ2) is 7.70. The van der Waals surface area contributed by atoms with Gasteiger partial charge >= 0.3 is 5.51 Å². The summed E-state index contributed by atoms with van der Waals surface area (Å²) in [4.78, 5) is 11.9. The first kappa shape index (κ1) is 17.8. The topological polar surface area (TPSA) is 55.1 Å². The van der Waals surface area contributed by atoms with Gasteiger partial charge in [-0.3, -0.25) is 4.79 Å². The Bertz CT molecular complexity index is 478. The Kier molecular flexibility index (Phi) is 6.54. The standard InChI is InChI=1S/C14H19F3N2OS/c1-9(2)10-5-3-4-6-12(10)19-13(20)11(18)7-8-21-14(15,16)17/h3-6,9,11H,7-8,18H2,1-2H3,(H,19,20)/t11-/m0/s1. The van der Waals surface area contributed by atoms with E-state index in [4.69, 9.17) is 5.73 Å². The van der Waals surface area contributed by atoms with Crippen molar-refractivity contribution < 1.29 is 18.0 Å². The number of carbonyl (C=O) groups is 1. The van der Waals surface area contributed by atoms with Gasteiger partial charge in [-0.1, -0.05) is 43.8 Å². The summed E-state index contributed by atoms with van der Waals surface area (Å²) in [5.41, 5.74) is 2.95. The van der Waals surface area contributed by atoms with Crippen LogP contribution >= 0.6 is 11.8 Å². The van der Waals surface area contributed by atoms with Gasteiger partial charge in [0.15, 0.2) is 0 Å². The summed E-state index contributed by atoms with van der Waals surface area (Å²) in [5.74, 6) is -0.478. The lowest BCUT2D eigenvalue weighted by Gasteiger charge is -2.16. The number of rotatable bonds is 6. The van der Waals surface area contributed by atoms with Crippen LogP contribution in [-0.4, -0.2) is 23.2 Å². The molecule has 0 aliphatic carbocycles. The highest BCUT2D eigenvalue weighted by molar-refractivity contribution is 8.00. The van der Waals surface area contributed by atoms with Gasteiger partial charge in [-0.05, 0) is 24.0 Å². The minimum absolute atomic E-state index is 0.0279. The SMILES string of the molecule is CC(C)c1ccccc1NC(=O)[C@@H](N)CCSC(F)(F)F. The fourth-order valence-electron chi connectivity index (χ4n) is 1.77. The van der Waals surface area contributed by atoms with Crippen molar-refractivity contribution in [3.63, 3.8) is 0 Å². The molecule has 3 N–H and O–H groups in total. The molecule has 118 valence electrons. The van der Waals surface area contributed by atoms with Crippen molar-refractivity contribution >= 4 is 23.4 Å². The zero-order chi connectivity index (χ0) is 16.0. The molecular weight excluding hydrogens is 301 g/mol. The molecule has 0 fully saturated rings. The van der Waals surface area contributed by atoms with Gasteiger partial charge in [-0.15, -0.1) is 0 Å². The Morgan fingerprint density at radius 2 is 1.95 bits per heavy atom. The maximum Gasteiger partial charge on any atom is 0.441 e. The van der Waals surface area contributed by atoms with Crippen molar-refractivity contribution in [2.45, 2.75) is 37.7 Å². The van der Waals surface area contributed by atoms with Crippen LogP contribution in [0.2, 0.25) is 0 Å². The first-order valence-electron chi connectivity index (χ1n) is 6.56. The summed E-state index contributed by atoms with van der Waals surface area (Å²) in [7, 11) is 0. The highest BCUT2D eigenvalue weighted by Crippen LogP contribution is 2.30. The number of nitrogens with two attached hydrogens (primary N) is 1. The molecular formula is C14H19F3N2OS. The Hall–Kier alpha value is -1.21. The van der Waals surface area contributed by atoms with Crippen LogP contribution in [0.4, 0.5) is 18.9 Å². The van der Waals surface area contributed by atoms with Crippen LogP contribution in [0.5, 0.6) is 0 Å². The minimum atomic E-state index is -4.29. The minimum Gasteiger partial charge on any atom is -0.324 e. The summed E-state index contributed by atoms with van der Waals surface area (Å²) in [6.07, 6.45) is -0.0279. The third-order valence-electron chi connectivity index (χ3n) is 2.87. The molecule has 0 unspecified atom stereocenters. The Morgan fingerprint density at radius 1 is 1.33 bits per heavy atom. The van der Waals surface area contributed by atoms with Gasteiger partial charge in [0.2, 0.25) is 5.91 Å². The lowest BCUT2D eigenvalue weighted by Crippen LogP contribution is -2.36. The summed E-state index contributed by atoms with van der Waals surface area (Å²) in [6.45, 7) is 3.98. The van der Waals surface area contributed by atoms with Crippen LogP contribution in [0.25, 0.3) is 0 Å². The number of hydrogen-bond acceptors (Lipinski definition) is 3. The first-order valence-corrected chi connectivity index (χ1v) is 7.55. The summed E-state index contributed by atoms with van der Waals surface area (Å²) >= 11 is -0.166. The maximum absolute atomic E-state index is 12.0. The smallest absolute Gasteiger partial charge is 0.324 e. The van der Waals surface area contributed by atoms with E-state index in [0.29, 0.717) is 5.69 Å². The molecule has 1 amide bonds. The molecule has 0 spiro atoms. The molecule has 1 aromatic carbocycles. The highest BCUT2D eigenvalue weighted by Gasteiger charge is 2.28.